The minimum atomic E-state index is -2.97. The second kappa shape index (κ2) is 5.02. The molecule has 96 valence electrons. The first kappa shape index (κ1) is 13.9. The zero-order valence-electron chi connectivity index (χ0n) is 10.4. The van der Waals surface area contributed by atoms with E-state index in [0.717, 1.165) is 19.3 Å². The van der Waals surface area contributed by atoms with Crippen LogP contribution in [0, 0.1) is 5.92 Å². The lowest BCUT2D eigenvalue weighted by atomic mass is 9.77. The maximum absolute atomic E-state index is 11.5. The Kier molecular flexibility index (Phi) is 4.37. The Morgan fingerprint density at radius 3 is 2.56 bits per heavy atom. The first-order chi connectivity index (χ1) is 7.27. The Balaban J connectivity index is 2.71. The Bertz CT molecular complexity index is 324. The van der Waals surface area contributed by atoms with Gasteiger partial charge in [0, 0.05) is 12.8 Å². The molecule has 0 aromatic rings. The van der Waals surface area contributed by atoms with Crippen molar-refractivity contribution in [3.8, 4) is 0 Å². The standard InChI is InChI=1S/C11H23NO3S/c1-11(13,8-12-2)9-5-4-6-10(7-9)16(3,14)15/h9-10,12-13H,4-8H2,1-3H3. The van der Waals surface area contributed by atoms with E-state index in [2.05, 4.69) is 5.32 Å². The molecule has 3 unspecified atom stereocenters. The highest BCUT2D eigenvalue weighted by Crippen LogP contribution is 2.35. The summed E-state index contributed by atoms with van der Waals surface area (Å²) < 4.78 is 23.0. The van der Waals surface area contributed by atoms with Gasteiger partial charge < -0.3 is 10.4 Å². The van der Waals surface area contributed by atoms with Crippen molar-refractivity contribution < 1.29 is 13.5 Å². The van der Waals surface area contributed by atoms with Gasteiger partial charge in [-0.25, -0.2) is 8.42 Å². The van der Waals surface area contributed by atoms with Crippen LogP contribution >= 0.6 is 0 Å². The fourth-order valence-electron chi connectivity index (χ4n) is 2.60. The molecule has 2 N–H and O–H groups in total. The molecule has 1 aliphatic carbocycles. The summed E-state index contributed by atoms with van der Waals surface area (Å²) in [6, 6.07) is 0. The smallest absolute Gasteiger partial charge is 0.150 e. The van der Waals surface area contributed by atoms with Crippen LogP contribution in [-0.2, 0) is 9.84 Å². The topological polar surface area (TPSA) is 66.4 Å². The lowest BCUT2D eigenvalue weighted by Gasteiger charge is -2.38. The summed E-state index contributed by atoms with van der Waals surface area (Å²) >= 11 is 0. The molecule has 0 aromatic carbocycles. The summed E-state index contributed by atoms with van der Waals surface area (Å²) in [6.45, 7) is 2.30. The van der Waals surface area contributed by atoms with E-state index in [4.69, 9.17) is 0 Å². The lowest BCUT2D eigenvalue weighted by Crippen LogP contribution is -2.46. The molecule has 5 heteroatoms. The van der Waals surface area contributed by atoms with Gasteiger partial charge in [0.25, 0.3) is 0 Å². The number of nitrogens with one attached hydrogen (secondary N) is 1. The van der Waals surface area contributed by atoms with Crippen LogP contribution in [0.4, 0.5) is 0 Å². The summed E-state index contributed by atoms with van der Waals surface area (Å²) in [5.41, 5.74) is -0.807. The van der Waals surface area contributed by atoms with Crippen LogP contribution in [0.5, 0.6) is 0 Å². The monoisotopic (exact) mass is 249 g/mol. The third-order valence-corrected chi connectivity index (χ3v) is 5.28. The molecule has 0 aliphatic heterocycles. The number of aliphatic hydroxyl groups is 1. The van der Waals surface area contributed by atoms with E-state index in [1.807, 2.05) is 0 Å². The molecule has 0 heterocycles. The van der Waals surface area contributed by atoms with Gasteiger partial charge in [-0.1, -0.05) is 6.42 Å². The van der Waals surface area contributed by atoms with Gasteiger partial charge in [0.1, 0.15) is 9.84 Å². The summed E-state index contributed by atoms with van der Waals surface area (Å²) in [5.74, 6) is 0.0772. The largest absolute Gasteiger partial charge is 0.389 e. The van der Waals surface area contributed by atoms with E-state index in [1.165, 1.54) is 6.26 Å². The number of likely N-dealkylation sites (N-methyl/N-ethyl adjacent to an activating group) is 1. The van der Waals surface area contributed by atoms with Crippen molar-refractivity contribution in [3.63, 3.8) is 0 Å². The van der Waals surface area contributed by atoms with Crippen LogP contribution in [0.25, 0.3) is 0 Å². The average molecular weight is 249 g/mol. The molecule has 1 fully saturated rings. The summed E-state index contributed by atoms with van der Waals surface area (Å²) in [7, 11) is -1.17. The van der Waals surface area contributed by atoms with Gasteiger partial charge in [0.15, 0.2) is 0 Å². The van der Waals surface area contributed by atoms with Crippen molar-refractivity contribution in [2.24, 2.45) is 5.92 Å². The van der Waals surface area contributed by atoms with Crippen LogP contribution in [0.3, 0.4) is 0 Å². The SMILES string of the molecule is CNCC(C)(O)C1CCCC(S(C)(=O)=O)C1. The fourth-order valence-corrected chi connectivity index (χ4v) is 3.78. The van der Waals surface area contributed by atoms with Gasteiger partial charge in [-0.15, -0.1) is 0 Å². The van der Waals surface area contributed by atoms with Crippen molar-refractivity contribution in [3.05, 3.63) is 0 Å². The zero-order valence-corrected chi connectivity index (χ0v) is 11.2. The zero-order chi connectivity index (χ0) is 12.4. The predicted molar refractivity (Wildman–Crippen MR) is 65.1 cm³/mol. The van der Waals surface area contributed by atoms with E-state index >= 15 is 0 Å². The molecule has 16 heavy (non-hydrogen) atoms. The second-order valence-corrected chi connectivity index (χ2v) is 7.53. The number of rotatable bonds is 4. The van der Waals surface area contributed by atoms with Gasteiger partial charge in [0.05, 0.1) is 10.9 Å². The maximum Gasteiger partial charge on any atom is 0.150 e. The van der Waals surface area contributed by atoms with Crippen molar-refractivity contribution >= 4 is 9.84 Å². The molecule has 4 nitrogen and oxygen atoms in total. The molecule has 1 rings (SSSR count). The molecule has 0 aromatic heterocycles. The fraction of sp³-hybridized carbons (Fsp3) is 1.00. The lowest BCUT2D eigenvalue weighted by molar-refractivity contribution is -0.0131. The van der Waals surface area contributed by atoms with Crippen LogP contribution in [0.2, 0.25) is 0 Å². The van der Waals surface area contributed by atoms with Crippen molar-refractivity contribution in [2.75, 3.05) is 19.8 Å². The highest BCUT2D eigenvalue weighted by Gasteiger charge is 2.38. The molecular formula is C11H23NO3S. The molecule has 0 saturated heterocycles. The van der Waals surface area contributed by atoms with Crippen molar-refractivity contribution in [1.82, 2.24) is 5.32 Å². The Morgan fingerprint density at radius 2 is 2.06 bits per heavy atom. The van der Waals surface area contributed by atoms with Gasteiger partial charge >= 0.3 is 0 Å². The molecule has 1 saturated carbocycles. The number of sulfone groups is 1. The van der Waals surface area contributed by atoms with Crippen LogP contribution in [0.15, 0.2) is 0 Å². The second-order valence-electron chi connectivity index (χ2n) is 5.20. The van der Waals surface area contributed by atoms with E-state index < -0.39 is 15.4 Å². The number of hydrogen-bond donors (Lipinski definition) is 2. The summed E-state index contributed by atoms with van der Waals surface area (Å²) in [4.78, 5) is 0. The minimum absolute atomic E-state index is 0.0772. The average Bonchev–Trinajstić information content (AvgIpc) is 2.16. The van der Waals surface area contributed by atoms with Gasteiger partial charge in [-0.2, -0.15) is 0 Å². The van der Waals surface area contributed by atoms with Crippen molar-refractivity contribution in [1.29, 1.82) is 0 Å². The highest BCUT2D eigenvalue weighted by atomic mass is 32.2. The van der Waals surface area contributed by atoms with Crippen LogP contribution in [-0.4, -0.2) is 44.2 Å². The molecule has 0 amide bonds. The molecule has 3 atom stereocenters. The third kappa shape index (κ3) is 3.43. The normalized spacial score (nSPS) is 31.0. The Labute approximate surface area is 98.4 Å². The third-order valence-electron chi connectivity index (χ3n) is 3.65. The maximum atomic E-state index is 11.5. The molecular weight excluding hydrogens is 226 g/mol. The highest BCUT2D eigenvalue weighted by molar-refractivity contribution is 7.91. The predicted octanol–water partition coefficient (Wildman–Crippen LogP) is 0.560. The Hall–Kier alpha value is -0.130. The van der Waals surface area contributed by atoms with Gasteiger partial charge in [-0.05, 0) is 39.2 Å². The summed E-state index contributed by atoms with van der Waals surface area (Å²) in [5, 5.41) is 13.0. The van der Waals surface area contributed by atoms with E-state index in [9.17, 15) is 13.5 Å². The van der Waals surface area contributed by atoms with E-state index in [0.29, 0.717) is 13.0 Å². The Morgan fingerprint density at radius 1 is 1.44 bits per heavy atom. The molecule has 0 bridgehead atoms. The quantitative estimate of drug-likeness (QED) is 0.764. The first-order valence-electron chi connectivity index (χ1n) is 5.83. The number of hydrogen-bond acceptors (Lipinski definition) is 4. The van der Waals surface area contributed by atoms with E-state index in [-0.39, 0.29) is 11.2 Å². The van der Waals surface area contributed by atoms with Crippen LogP contribution in [0.1, 0.15) is 32.6 Å². The molecule has 0 spiro atoms. The van der Waals surface area contributed by atoms with Crippen molar-refractivity contribution in [2.45, 2.75) is 43.5 Å². The molecule has 1 aliphatic rings. The van der Waals surface area contributed by atoms with E-state index in [1.54, 1.807) is 14.0 Å². The molecule has 0 radical (unpaired) electrons. The minimum Gasteiger partial charge on any atom is -0.389 e. The first-order valence-corrected chi connectivity index (χ1v) is 7.78. The van der Waals surface area contributed by atoms with Gasteiger partial charge in [0.2, 0.25) is 0 Å². The van der Waals surface area contributed by atoms with Crippen LogP contribution < -0.4 is 5.32 Å². The summed E-state index contributed by atoms with van der Waals surface area (Å²) in [6.07, 6.45) is 4.44. The van der Waals surface area contributed by atoms with Gasteiger partial charge in [-0.3, -0.25) is 0 Å².